The molecule has 0 unspecified atom stereocenters. The van der Waals surface area contributed by atoms with E-state index in [0.29, 0.717) is 30.0 Å². The summed E-state index contributed by atoms with van der Waals surface area (Å²) in [6.45, 7) is 4.15. The van der Waals surface area contributed by atoms with Gasteiger partial charge in [0.05, 0.1) is 11.4 Å². The highest BCUT2D eigenvalue weighted by Gasteiger charge is 2.18. The lowest BCUT2D eigenvalue weighted by atomic mass is 10.1. The smallest absolute Gasteiger partial charge is 0.257 e. The first-order valence-electron chi connectivity index (χ1n) is 7.51. The third kappa shape index (κ3) is 3.15. The first kappa shape index (κ1) is 15.0. The van der Waals surface area contributed by atoms with Crippen LogP contribution in [0.1, 0.15) is 34.3 Å². The summed E-state index contributed by atoms with van der Waals surface area (Å²) in [7, 11) is 0. The van der Waals surface area contributed by atoms with Gasteiger partial charge < -0.3 is 9.84 Å². The molecule has 0 radical (unpaired) electrons. The number of aromatic nitrogens is 3. The van der Waals surface area contributed by atoms with Crippen molar-refractivity contribution in [2.24, 2.45) is 0 Å². The van der Waals surface area contributed by atoms with E-state index >= 15 is 0 Å². The van der Waals surface area contributed by atoms with Crippen LogP contribution in [0.2, 0.25) is 0 Å². The second kappa shape index (κ2) is 6.48. The Balaban J connectivity index is 1.66. The van der Waals surface area contributed by atoms with E-state index in [9.17, 15) is 4.79 Å². The van der Waals surface area contributed by atoms with Crippen LogP contribution < -0.4 is 5.32 Å². The number of hydrogen-bond donors (Lipinski definition) is 1. The lowest BCUT2D eigenvalue weighted by Gasteiger charge is -2.07. The highest BCUT2D eigenvalue weighted by molar-refractivity contribution is 5.96. The van der Waals surface area contributed by atoms with Crippen LogP contribution in [0.4, 0.5) is 0 Å². The van der Waals surface area contributed by atoms with E-state index in [2.05, 4.69) is 15.6 Å². The Kier molecular flexibility index (Phi) is 4.23. The van der Waals surface area contributed by atoms with Crippen molar-refractivity contribution in [3.63, 3.8) is 0 Å². The number of benzene rings is 1. The van der Waals surface area contributed by atoms with Gasteiger partial charge in [0, 0.05) is 18.9 Å². The summed E-state index contributed by atoms with van der Waals surface area (Å²) < 4.78 is 6.88. The molecule has 0 bridgehead atoms. The van der Waals surface area contributed by atoms with Crippen molar-refractivity contribution in [1.29, 1.82) is 0 Å². The fraction of sp³-hybridized carbons (Fsp3) is 0.235. The summed E-state index contributed by atoms with van der Waals surface area (Å²) in [6.07, 6.45) is 4.29. The van der Waals surface area contributed by atoms with Gasteiger partial charge in [-0.2, -0.15) is 5.10 Å². The van der Waals surface area contributed by atoms with E-state index in [0.717, 1.165) is 11.3 Å². The quantitative estimate of drug-likeness (QED) is 0.786. The number of nitrogens with one attached hydrogen (secondary N) is 1. The molecule has 0 fully saturated rings. The second-order valence-electron chi connectivity index (χ2n) is 5.21. The average Bonchev–Trinajstić information content (AvgIpc) is 3.22. The number of amides is 1. The molecular formula is C17H18N4O2. The zero-order valence-corrected chi connectivity index (χ0v) is 13.1. The molecule has 0 aliphatic rings. The molecule has 1 amide bonds. The van der Waals surface area contributed by atoms with Crippen LogP contribution in [0.25, 0.3) is 5.69 Å². The first-order chi connectivity index (χ1) is 11.2. The standard InChI is InChI=1S/C17H18N4O2/c1-3-15-16(12(2)23-20-15)17(22)18-11-13-5-7-14(8-6-13)21-10-4-9-19-21/h4-10H,3,11H2,1-2H3,(H,18,22). The van der Waals surface area contributed by atoms with Crippen molar-refractivity contribution in [3.05, 3.63) is 65.3 Å². The molecule has 0 aliphatic carbocycles. The van der Waals surface area contributed by atoms with Crippen molar-refractivity contribution in [2.45, 2.75) is 26.8 Å². The van der Waals surface area contributed by atoms with E-state index in [-0.39, 0.29) is 5.91 Å². The molecule has 0 saturated heterocycles. The predicted molar refractivity (Wildman–Crippen MR) is 85.4 cm³/mol. The van der Waals surface area contributed by atoms with Crippen LogP contribution in [0.15, 0.2) is 47.2 Å². The molecule has 23 heavy (non-hydrogen) atoms. The molecule has 3 aromatic rings. The molecule has 118 valence electrons. The molecule has 0 saturated carbocycles. The molecule has 1 aromatic carbocycles. The minimum absolute atomic E-state index is 0.156. The molecular weight excluding hydrogens is 292 g/mol. The van der Waals surface area contributed by atoms with Crippen LogP contribution >= 0.6 is 0 Å². The van der Waals surface area contributed by atoms with E-state index in [1.54, 1.807) is 17.8 Å². The molecule has 2 aromatic heterocycles. The molecule has 6 heteroatoms. The lowest BCUT2D eigenvalue weighted by Crippen LogP contribution is -2.24. The van der Waals surface area contributed by atoms with Gasteiger partial charge in [-0.3, -0.25) is 4.79 Å². The number of aryl methyl sites for hydroxylation is 2. The SMILES string of the molecule is CCc1noc(C)c1C(=O)NCc1ccc(-n2cccn2)cc1. The highest BCUT2D eigenvalue weighted by Crippen LogP contribution is 2.14. The fourth-order valence-electron chi connectivity index (χ4n) is 2.41. The van der Waals surface area contributed by atoms with Gasteiger partial charge in [0.25, 0.3) is 5.91 Å². The van der Waals surface area contributed by atoms with E-state index in [1.165, 1.54) is 0 Å². The van der Waals surface area contributed by atoms with Crippen LogP contribution in [-0.2, 0) is 13.0 Å². The average molecular weight is 310 g/mol. The number of carbonyl (C=O) groups excluding carboxylic acids is 1. The zero-order valence-electron chi connectivity index (χ0n) is 13.1. The summed E-state index contributed by atoms with van der Waals surface area (Å²) in [6, 6.07) is 9.75. The third-order valence-corrected chi connectivity index (χ3v) is 3.65. The molecule has 0 aliphatic heterocycles. The summed E-state index contributed by atoms with van der Waals surface area (Å²) in [5.41, 5.74) is 3.23. The molecule has 3 rings (SSSR count). The molecule has 0 atom stereocenters. The normalized spacial score (nSPS) is 10.7. The number of carbonyl (C=O) groups is 1. The maximum Gasteiger partial charge on any atom is 0.257 e. The largest absolute Gasteiger partial charge is 0.361 e. The minimum Gasteiger partial charge on any atom is -0.361 e. The van der Waals surface area contributed by atoms with Gasteiger partial charge in [-0.15, -0.1) is 0 Å². The minimum atomic E-state index is -0.156. The maximum absolute atomic E-state index is 12.3. The van der Waals surface area contributed by atoms with Gasteiger partial charge in [0.2, 0.25) is 0 Å². The summed E-state index contributed by atoms with van der Waals surface area (Å²) in [5, 5.41) is 11.0. The number of rotatable bonds is 5. The molecule has 2 heterocycles. The monoisotopic (exact) mass is 310 g/mol. The Morgan fingerprint density at radius 1 is 1.30 bits per heavy atom. The lowest BCUT2D eigenvalue weighted by molar-refractivity contribution is 0.0948. The van der Waals surface area contributed by atoms with Crippen molar-refractivity contribution in [2.75, 3.05) is 0 Å². The van der Waals surface area contributed by atoms with Gasteiger partial charge in [0.15, 0.2) is 0 Å². The van der Waals surface area contributed by atoms with E-state index in [4.69, 9.17) is 4.52 Å². The molecule has 1 N–H and O–H groups in total. The van der Waals surface area contributed by atoms with Crippen LogP contribution in [0.3, 0.4) is 0 Å². The van der Waals surface area contributed by atoms with Crippen LogP contribution in [-0.4, -0.2) is 20.8 Å². The Morgan fingerprint density at radius 3 is 2.74 bits per heavy atom. The summed E-state index contributed by atoms with van der Waals surface area (Å²) in [5.74, 6) is 0.394. The maximum atomic E-state index is 12.3. The van der Waals surface area contributed by atoms with Crippen molar-refractivity contribution in [1.82, 2.24) is 20.3 Å². The van der Waals surface area contributed by atoms with E-state index < -0.39 is 0 Å². The summed E-state index contributed by atoms with van der Waals surface area (Å²) in [4.78, 5) is 12.3. The van der Waals surface area contributed by atoms with Crippen molar-refractivity contribution in [3.8, 4) is 5.69 Å². The van der Waals surface area contributed by atoms with Gasteiger partial charge in [0.1, 0.15) is 11.3 Å². The Hall–Kier alpha value is -2.89. The number of nitrogens with zero attached hydrogens (tertiary/aromatic N) is 3. The van der Waals surface area contributed by atoms with Gasteiger partial charge in [-0.1, -0.05) is 24.2 Å². The molecule has 6 nitrogen and oxygen atoms in total. The van der Waals surface area contributed by atoms with Crippen LogP contribution in [0.5, 0.6) is 0 Å². The van der Waals surface area contributed by atoms with Gasteiger partial charge in [-0.05, 0) is 37.1 Å². The van der Waals surface area contributed by atoms with Gasteiger partial charge in [-0.25, -0.2) is 4.68 Å². The first-order valence-corrected chi connectivity index (χ1v) is 7.51. The summed E-state index contributed by atoms with van der Waals surface area (Å²) >= 11 is 0. The van der Waals surface area contributed by atoms with Gasteiger partial charge >= 0.3 is 0 Å². The molecule has 0 spiro atoms. The third-order valence-electron chi connectivity index (χ3n) is 3.65. The Morgan fingerprint density at radius 2 is 2.09 bits per heavy atom. The number of hydrogen-bond acceptors (Lipinski definition) is 4. The topological polar surface area (TPSA) is 73.0 Å². The Bertz CT molecular complexity index is 789. The fourth-order valence-corrected chi connectivity index (χ4v) is 2.41. The predicted octanol–water partition coefficient (Wildman–Crippen LogP) is 2.66. The van der Waals surface area contributed by atoms with E-state index in [1.807, 2.05) is 43.5 Å². The van der Waals surface area contributed by atoms with Crippen molar-refractivity contribution >= 4 is 5.91 Å². The zero-order chi connectivity index (χ0) is 16.2. The highest BCUT2D eigenvalue weighted by atomic mass is 16.5. The Labute approximate surface area is 134 Å². The van der Waals surface area contributed by atoms with Crippen molar-refractivity contribution < 1.29 is 9.32 Å². The van der Waals surface area contributed by atoms with Crippen LogP contribution in [0, 0.1) is 6.92 Å². The second-order valence-corrected chi connectivity index (χ2v) is 5.21.